The number of hydrogen-bond acceptors (Lipinski definition) is 5. The Morgan fingerprint density at radius 3 is 2.55 bits per heavy atom. The quantitative estimate of drug-likeness (QED) is 0.731. The molecular weight excluding hydrogens is 414 g/mol. The van der Waals surface area contributed by atoms with Crippen LogP contribution in [0.5, 0.6) is 17.2 Å². The van der Waals surface area contributed by atoms with Crippen molar-refractivity contribution in [2.45, 2.75) is 19.9 Å². The number of fused-ring (bicyclic) bond motifs is 1. The van der Waals surface area contributed by atoms with Gasteiger partial charge in [0.2, 0.25) is 12.5 Å². The molecule has 0 saturated carbocycles. The lowest BCUT2D eigenvalue weighted by Crippen LogP contribution is -2.49. The minimum Gasteiger partial charge on any atom is -0.493 e. The highest BCUT2D eigenvalue weighted by Gasteiger charge is 2.36. The minimum atomic E-state index is -0.465. The standard InChI is InChI=1S/C23H25N3O4S/c1-13-6-8-16(9-7-13)26-14(2)19(22(27)25(3)4)20(24-23(26)31)15-10-17(28-5)21-18(11-15)29-12-30-21/h6-11,20H,12H2,1-5H3,(H,24,31). The zero-order valence-corrected chi connectivity index (χ0v) is 19.0. The number of nitrogens with one attached hydrogen (secondary N) is 1. The highest BCUT2D eigenvalue weighted by molar-refractivity contribution is 7.80. The lowest BCUT2D eigenvalue weighted by Gasteiger charge is -2.38. The van der Waals surface area contributed by atoms with Gasteiger partial charge in [-0.15, -0.1) is 0 Å². The molecule has 0 spiro atoms. The molecule has 0 aliphatic carbocycles. The maximum absolute atomic E-state index is 13.3. The van der Waals surface area contributed by atoms with Crippen LogP contribution in [0.2, 0.25) is 0 Å². The van der Waals surface area contributed by atoms with E-state index in [1.54, 1.807) is 26.1 Å². The van der Waals surface area contributed by atoms with Gasteiger partial charge >= 0.3 is 0 Å². The third-order valence-corrected chi connectivity index (χ3v) is 5.73. The summed E-state index contributed by atoms with van der Waals surface area (Å²) in [6, 6.07) is 11.3. The summed E-state index contributed by atoms with van der Waals surface area (Å²) in [4.78, 5) is 16.8. The average molecular weight is 440 g/mol. The van der Waals surface area contributed by atoms with Crippen LogP contribution in [0, 0.1) is 6.92 Å². The van der Waals surface area contributed by atoms with Gasteiger partial charge in [-0.1, -0.05) is 17.7 Å². The van der Waals surface area contributed by atoms with Crippen LogP contribution in [0.25, 0.3) is 0 Å². The van der Waals surface area contributed by atoms with Crippen molar-refractivity contribution in [1.82, 2.24) is 10.2 Å². The number of anilines is 1. The van der Waals surface area contributed by atoms with E-state index < -0.39 is 6.04 Å². The van der Waals surface area contributed by atoms with Crippen LogP contribution in [-0.2, 0) is 4.79 Å². The second kappa shape index (κ2) is 8.11. The monoisotopic (exact) mass is 439 g/mol. The van der Waals surface area contributed by atoms with Gasteiger partial charge in [-0.2, -0.15) is 0 Å². The highest BCUT2D eigenvalue weighted by atomic mass is 32.1. The van der Waals surface area contributed by atoms with Crippen molar-refractivity contribution >= 4 is 28.9 Å². The van der Waals surface area contributed by atoms with Gasteiger partial charge in [0.25, 0.3) is 5.91 Å². The van der Waals surface area contributed by atoms with Crippen molar-refractivity contribution in [3.8, 4) is 17.2 Å². The Hall–Kier alpha value is -3.26. The highest BCUT2D eigenvalue weighted by Crippen LogP contribution is 2.45. The first-order valence-corrected chi connectivity index (χ1v) is 10.3. The number of allylic oxidation sites excluding steroid dienone is 1. The number of nitrogens with zero attached hydrogens (tertiary/aromatic N) is 2. The molecule has 1 amide bonds. The normalized spacial score (nSPS) is 17.5. The molecule has 0 bridgehead atoms. The first-order valence-electron chi connectivity index (χ1n) is 9.89. The van der Waals surface area contributed by atoms with Crippen LogP contribution in [0.15, 0.2) is 47.7 Å². The molecule has 162 valence electrons. The molecule has 1 N–H and O–H groups in total. The Morgan fingerprint density at radius 1 is 1.19 bits per heavy atom. The summed E-state index contributed by atoms with van der Waals surface area (Å²) in [7, 11) is 5.05. The second-order valence-corrected chi connectivity index (χ2v) is 8.10. The molecule has 2 aromatic carbocycles. The predicted octanol–water partition coefficient (Wildman–Crippen LogP) is 3.53. The second-order valence-electron chi connectivity index (χ2n) is 7.71. The molecule has 0 aromatic heterocycles. The third-order valence-electron chi connectivity index (χ3n) is 5.43. The fourth-order valence-corrected chi connectivity index (χ4v) is 4.19. The van der Waals surface area contributed by atoms with Gasteiger partial charge in [0.05, 0.1) is 18.7 Å². The number of likely N-dealkylation sites (N-methyl/N-ethyl adjacent to an activating group) is 1. The molecule has 7 nitrogen and oxygen atoms in total. The lowest BCUT2D eigenvalue weighted by atomic mass is 9.93. The van der Waals surface area contributed by atoms with E-state index in [2.05, 4.69) is 5.32 Å². The van der Waals surface area contributed by atoms with Crippen LogP contribution in [0.4, 0.5) is 5.69 Å². The molecule has 0 saturated heterocycles. The van der Waals surface area contributed by atoms with Gasteiger partial charge in [-0.25, -0.2) is 0 Å². The van der Waals surface area contributed by atoms with Gasteiger partial charge in [0, 0.05) is 25.5 Å². The molecule has 4 rings (SSSR count). The molecule has 2 aliphatic heterocycles. The molecule has 8 heteroatoms. The molecule has 0 radical (unpaired) electrons. The van der Waals surface area contributed by atoms with Gasteiger partial charge in [-0.05, 0) is 55.9 Å². The molecular formula is C23H25N3O4S. The summed E-state index contributed by atoms with van der Waals surface area (Å²) in [6.07, 6.45) is 0. The zero-order chi connectivity index (χ0) is 22.3. The number of amides is 1. The molecule has 1 atom stereocenters. The summed E-state index contributed by atoms with van der Waals surface area (Å²) in [6.45, 7) is 4.08. The fraction of sp³-hybridized carbons (Fsp3) is 0.304. The molecule has 1 unspecified atom stereocenters. The van der Waals surface area contributed by atoms with E-state index in [0.717, 1.165) is 22.5 Å². The predicted molar refractivity (Wildman–Crippen MR) is 123 cm³/mol. The number of aryl methyl sites for hydroxylation is 1. The zero-order valence-electron chi connectivity index (χ0n) is 18.2. The number of ether oxygens (including phenoxy) is 3. The minimum absolute atomic E-state index is 0.105. The Bertz CT molecular complexity index is 1080. The van der Waals surface area contributed by atoms with Crippen LogP contribution < -0.4 is 24.4 Å². The van der Waals surface area contributed by atoms with Crippen molar-refractivity contribution in [3.05, 3.63) is 58.8 Å². The van der Waals surface area contributed by atoms with Crippen LogP contribution >= 0.6 is 12.2 Å². The number of carbonyl (C=O) groups is 1. The molecule has 31 heavy (non-hydrogen) atoms. The number of hydrogen-bond donors (Lipinski definition) is 1. The number of rotatable bonds is 4. The van der Waals surface area contributed by atoms with Gasteiger partial charge in [0.1, 0.15) is 0 Å². The van der Waals surface area contributed by atoms with Crippen molar-refractivity contribution in [2.75, 3.05) is 32.9 Å². The van der Waals surface area contributed by atoms with Gasteiger partial charge in [0.15, 0.2) is 16.6 Å². The smallest absolute Gasteiger partial charge is 0.253 e. The first kappa shape index (κ1) is 21.0. The summed E-state index contributed by atoms with van der Waals surface area (Å²) in [5.41, 5.74) is 4.21. The molecule has 2 aliphatic rings. The number of thiocarbonyl (C=S) groups is 1. The van der Waals surface area contributed by atoms with Crippen LogP contribution in [-0.4, -0.2) is 43.9 Å². The maximum atomic E-state index is 13.3. The Morgan fingerprint density at radius 2 is 1.90 bits per heavy atom. The summed E-state index contributed by atoms with van der Waals surface area (Å²) in [5, 5.41) is 3.87. The van der Waals surface area contributed by atoms with Crippen LogP contribution in [0.1, 0.15) is 24.1 Å². The van der Waals surface area contributed by atoms with E-state index in [9.17, 15) is 4.79 Å². The number of benzene rings is 2. The van der Waals surface area contributed by atoms with Crippen LogP contribution in [0.3, 0.4) is 0 Å². The summed E-state index contributed by atoms with van der Waals surface area (Å²) in [5.74, 6) is 1.59. The third kappa shape index (κ3) is 3.67. The van der Waals surface area contributed by atoms with E-state index in [4.69, 9.17) is 26.4 Å². The van der Waals surface area contributed by atoms with E-state index in [-0.39, 0.29) is 12.7 Å². The largest absolute Gasteiger partial charge is 0.493 e. The topological polar surface area (TPSA) is 63.3 Å². The van der Waals surface area contributed by atoms with E-state index >= 15 is 0 Å². The lowest BCUT2D eigenvalue weighted by molar-refractivity contribution is -0.125. The Balaban J connectivity index is 1.86. The number of methoxy groups -OCH3 is 1. The number of carbonyl (C=O) groups excluding carboxylic acids is 1. The van der Waals surface area contributed by atoms with Crippen molar-refractivity contribution in [3.63, 3.8) is 0 Å². The van der Waals surface area contributed by atoms with Crippen molar-refractivity contribution < 1.29 is 19.0 Å². The molecule has 0 fully saturated rings. The SMILES string of the molecule is COc1cc(C2NC(=S)N(c3ccc(C)cc3)C(C)=C2C(=O)N(C)C)cc2c1OCO2. The fourth-order valence-electron chi connectivity index (χ4n) is 3.83. The average Bonchev–Trinajstić information content (AvgIpc) is 3.22. The van der Waals surface area contributed by atoms with E-state index in [1.807, 2.05) is 55.1 Å². The van der Waals surface area contributed by atoms with Crippen molar-refractivity contribution in [1.29, 1.82) is 0 Å². The van der Waals surface area contributed by atoms with Crippen molar-refractivity contribution in [2.24, 2.45) is 0 Å². The van der Waals surface area contributed by atoms with E-state index in [0.29, 0.717) is 27.9 Å². The first-order chi connectivity index (χ1) is 14.8. The maximum Gasteiger partial charge on any atom is 0.253 e. The van der Waals surface area contributed by atoms with E-state index in [1.165, 1.54) is 0 Å². The molecule has 2 aromatic rings. The van der Waals surface area contributed by atoms with Gasteiger partial charge in [-0.3, -0.25) is 9.69 Å². The Labute approximate surface area is 187 Å². The summed E-state index contributed by atoms with van der Waals surface area (Å²) < 4.78 is 16.6. The molecule has 2 heterocycles. The Kier molecular flexibility index (Phi) is 5.49. The van der Waals surface area contributed by atoms with Gasteiger partial charge < -0.3 is 24.4 Å². The summed E-state index contributed by atoms with van der Waals surface area (Å²) >= 11 is 5.73.